The summed E-state index contributed by atoms with van der Waals surface area (Å²) in [7, 11) is 1.59. The summed E-state index contributed by atoms with van der Waals surface area (Å²) in [4.78, 5) is 36.7. The number of rotatable bonds is 6. The minimum atomic E-state index is -0.620. The van der Waals surface area contributed by atoms with E-state index in [1.807, 2.05) is 12.1 Å². The molecule has 2 aromatic carbocycles. The predicted octanol–water partition coefficient (Wildman–Crippen LogP) is 2.60. The number of ether oxygens (including phenoxy) is 2. The lowest BCUT2D eigenvalue weighted by Gasteiger charge is -2.10. The van der Waals surface area contributed by atoms with Gasteiger partial charge in [0.1, 0.15) is 5.75 Å². The highest BCUT2D eigenvalue weighted by Crippen LogP contribution is 2.31. The van der Waals surface area contributed by atoms with Crippen LogP contribution >= 0.6 is 11.8 Å². The number of fused-ring (bicyclic) bond motifs is 1. The zero-order valence-corrected chi connectivity index (χ0v) is 16.1. The Kier molecular flexibility index (Phi) is 6.54. The predicted molar refractivity (Wildman–Crippen MR) is 106 cm³/mol. The lowest BCUT2D eigenvalue weighted by Crippen LogP contribution is -2.28. The minimum Gasteiger partial charge on any atom is -0.497 e. The Bertz CT molecular complexity index is 883. The SMILES string of the molecule is COc1ccc(CNC(=O)COC(=O)c2ccc3c(c2)NC(=O)CCS3)cc1. The molecule has 1 aliphatic heterocycles. The van der Waals surface area contributed by atoms with Crippen LogP contribution in [0.25, 0.3) is 0 Å². The van der Waals surface area contributed by atoms with E-state index in [-0.39, 0.29) is 18.1 Å². The van der Waals surface area contributed by atoms with Gasteiger partial charge in [-0.2, -0.15) is 0 Å². The standard InChI is InChI=1S/C20H20N2O5S/c1-26-15-5-2-13(3-6-15)11-21-19(24)12-27-20(25)14-4-7-17-16(10-14)22-18(23)8-9-28-17/h2-7,10H,8-9,11-12H2,1H3,(H,21,24)(H,22,23). The van der Waals surface area contributed by atoms with Crippen molar-refractivity contribution < 1.29 is 23.9 Å². The first-order chi connectivity index (χ1) is 13.5. The summed E-state index contributed by atoms with van der Waals surface area (Å²) in [5.74, 6) is 0.319. The second-order valence-corrected chi connectivity index (χ2v) is 7.20. The largest absolute Gasteiger partial charge is 0.497 e. The normalized spacial score (nSPS) is 13.0. The van der Waals surface area contributed by atoms with Gasteiger partial charge < -0.3 is 20.1 Å². The first-order valence-corrected chi connectivity index (χ1v) is 9.67. The Balaban J connectivity index is 1.50. The molecular weight excluding hydrogens is 380 g/mol. The number of nitrogens with one attached hydrogen (secondary N) is 2. The van der Waals surface area contributed by atoms with Crippen molar-refractivity contribution in [1.82, 2.24) is 5.32 Å². The maximum atomic E-state index is 12.2. The third-order valence-electron chi connectivity index (χ3n) is 4.06. The molecule has 28 heavy (non-hydrogen) atoms. The van der Waals surface area contributed by atoms with Gasteiger partial charge in [-0.25, -0.2) is 4.79 Å². The molecule has 0 atom stereocenters. The van der Waals surface area contributed by atoms with Crippen molar-refractivity contribution in [3.05, 3.63) is 53.6 Å². The van der Waals surface area contributed by atoms with Gasteiger partial charge in [-0.1, -0.05) is 12.1 Å². The summed E-state index contributed by atoms with van der Waals surface area (Å²) in [5, 5.41) is 5.46. The number of hydrogen-bond acceptors (Lipinski definition) is 6. The molecule has 7 nitrogen and oxygen atoms in total. The lowest BCUT2D eigenvalue weighted by atomic mass is 10.2. The number of hydrogen-bond donors (Lipinski definition) is 2. The number of carbonyl (C=O) groups is 3. The van der Waals surface area contributed by atoms with Crippen LogP contribution in [0.3, 0.4) is 0 Å². The Morgan fingerprint density at radius 2 is 1.96 bits per heavy atom. The zero-order chi connectivity index (χ0) is 19.9. The molecule has 0 saturated heterocycles. The summed E-state index contributed by atoms with van der Waals surface area (Å²) >= 11 is 1.55. The quantitative estimate of drug-likeness (QED) is 0.724. The Morgan fingerprint density at radius 3 is 2.71 bits per heavy atom. The van der Waals surface area contributed by atoms with Gasteiger partial charge in [0.25, 0.3) is 5.91 Å². The van der Waals surface area contributed by atoms with Gasteiger partial charge in [-0.3, -0.25) is 9.59 Å². The number of methoxy groups -OCH3 is 1. The number of esters is 1. The van der Waals surface area contributed by atoms with Crippen LogP contribution in [-0.4, -0.2) is 37.3 Å². The molecule has 0 radical (unpaired) electrons. The van der Waals surface area contributed by atoms with Crippen LogP contribution in [-0.2, 0) is 20.9 Å². The maximum absolute atomic E-state index is 12.2. The van der Waals surface area contributed by atoms with Crippen molar-refractivity contribution in [2.75, 3.05) is 24.8 Å². The first-order valence-electron chi connectivity index (χ1n) is 8.68. The van der Waals surface area contributed by atoms with Crippen LogP contribution in [0.4, 0.5) is 5.69 Å². The van der Waals surface area contributed by atoms with Gasteiger partial charge >= 0.3 is 5.97 Å². The molecule has 3 rings (SSSR count). The summed E-state index contributed by atoms with van der Waals surface area (Å²) in [6.45, 7) is -0.0599. The Morgan fingerprint density at radius 1 is 1.18 bits per heavy atom. The van der Waals surface area contributed by atoms with Gasteiger partial charge in [-0.05, 0) is 35.9 Å². The third kappa shape index (κ3) is 5.26. The molecule has 1 heterocycles. The second kappa shape index (κ2) is 9.27. The van der Waals surface area contributed by atoms with E-state index >= 15 is 0 Å². The van der Waals surface area contributed by atoms with Crippen molar-refractivity contribution in [2.45, 2.75) is 17.9 Å². The highest BCUT2D eigenvalue weighted by Gasteiger charge is 2.17. The molecule has 2 N–H and O–H groups in total. The maximum Gasteiger partial charge on any atom is 0.338 e. The molecule has 0 bridgehead atoms. The first kappa shape index (κ1) is 19.8. The number of anilines is 1. The van der Waals surface area contributed by atoms with Gasteiger partial charge in [0.15, 0.2) is 6.61 Å². The van der Waals surface area contributed by atoms with E-state index in [2.05, 4.69) is 10.6 Å². The van der Waals surface area contributed by atoms with Crippen molar-refractivity contribution in [1.29, 1.82) is 0 Å². The Hall–Kier alpha value is -3.00. The smallest absolute Gasteiger partial charge is 0.338 e. The molecule has 2 aromatic rings. The van der Waals surface area contributed by atoms with Crippen molar-refractivity contribution in [3.63, 3.8) is 0 Å². The summed E-state index contributed by atoms with van der Waals surface area (Å²) in [6, 6.07) is 12.3. The molecule has 0 aromatic heterocycles. The molecule has 0 unspecified atom stereocenters. The summed E-state index contributed by atoms with van der Waals surface area (Å²) < 4.78 is 10.2. The number of thioether (sulfide) groups is 1. The fourth-order valence-electron chi connectivity index (χ4n) is 2.56. The average Bonchev–Trinajstić information content (AvgIpc) is 2.90. The minimum absolute atomic E-state index is 0.0883. The Labute approximate surface area is 166 Å². The molecule has 146 valence electrons. The van der Waals surface area contributed by atoms with Crippen molar-refractivity contribution >= 4 is 35.2 Å². The highest BCUT2D eigenvalue weighted by atomic mass is 32.2. The molecule has 1 aliphatic rings. The number of amides is 2. The second-order valence-electron chi connectivity index (χ2n) is 6.06. The lowest BCUT2D eigenvalue weighted by molar-refractivity contribution is -0.124. The summed E-state index contributed by atoms with van der Waals surface area (Å²) in [6.07, 6.45) is 0.424. The van der Waals surface area contributed by atoms with Crippen LogP contribution in [0, 0.1) is 0 Å². The van der Waals surface area contributed by atoms with Crippen LogP contribution in [0.2, 0.25) is 0 Å². The number of carbonyl (C=O) groups excluding carboxylic acids is 3. The zero-order valence-electron chi connectivity index (χ0n) is 15.3. The average molecular weight is 400 g/mol. The highest BCUT2D eigenvalue weighted by molar-refractivity contribution is 7.99. The summed E-state index contributed by atoms with van der Waals surface area (Å²) in [5.41, 5.74) is 1.77. The molecule has 0 fully saturated rings. The molecule has 0 saturated carbocycles. The van der Waals surface area contributed by atoms with Gasteiger partial charge in [0, 0.05) is 23.6 Å². The van der Waals surface area contributed by atoms with Crippen LogP contribution in [0.15, 0.2) is 47.4 Å². The van der Waals surface area contributed by atoms with E-state index in [0.29, 0.717) is 24.4 Å². The van der Waals surface area contributed by atoms with Crippen molar-refractivity contribution in [3.8, 4) is 5.75 Å². The molecule has 8 heteroatoms. The van der Waals surface area contributed by atoms with Crippen LogP contribution in [0.1, 0.15) is 22.3 Å². The van der Waals surface area contributed by atoms with Gasteiger partial charge in [0.05, 0.1) is 18.4 Å². The van der Waals surface area contributed by atoms with E-state index in [1.165, 1.54) is 0 Å². The van der Waals surface area contributed by atoms with Gasteiger partial charge in [-0.15, -0.1) is 11.8 Å². The van der Waals surface area contributed by atoms with Crippen LogP contribution < -0.4 is 15.4 Å². The van der Waals surface area contributed by atoms with E-state index < -0.39 is 11.9 Å². The topological polar surface area (TPSA) is 93.7 Å². The molecule has 2 amide bonds. The van der Waals surface area contributed by atoms with Crippen molar-refractivity contribution in [2.24, 2.45) is 0 Å². The molecular formula is C20H20N2O5S. The van der Waals surface area contributed by atoms with Crippen LogP contribution in [0.5, 0.6) is 5.75 Å². The molecule has 0 spiro atoms. The van der Waals surface area contributed by atoms with E-state index in [9.17, 15) is 14.4 Å². The number of benzene rings is 2. The van der Waals surface area contributed by atoms with E-state index in [1.54, 1.807) is 49.2 Å². The van der Waals surface area contributed by atoms with E-state index in [4.69, 9.17) is 9.47 Å². The third-order valence-corrected chi connectivity index (χ3v) is 5.13. The monoisotopic (exact) mass is 400 g/mol. The molecule has 0 aliphatic carbocycles. The van der Waals surface area contributed by atoms with E-state index in [0.717, 1.165) is 16.2 Å². The fourth-order valence-corrected chi connectivity index (χ4v) is 3.49. The fraction of sp³-hybridized carbons (Fsp3) is 0.250. The van der Waals surface area contributed by atoms with Gasteiger partial charge in [0.2, 0.25) is 5.91 Å².